The first kappa shape index (κ1) is 23.8. The molecule has 2 aromatic heterocycles. The Morgan fingerprint density at radius 1 is 1.00 bits per heavy atom. The minimum Gasteiger partial charge on any atom is -0.462 e. The molecule has 2 aromatic carbocycles. The van der Waals surface area contributed by atoms with Gasteiger partial charge < -0.3 is 19.2 Å². The minimum atomic E-state index is -1.03. The first-order chi connectivity index (χ1) is 16.9. The van der Waals surface area contributed by atoms with Crippen molar-refractivity contribution in [3.8, 4) is 10.4 Å². The SMILES string of the molecule is CCOC(=O)c1sc(-c2ccc(F)cc2)cc1NC(=O)COC(=O)c1cc2ccccc2oc1=O. The van der Waals surface area contributed by atoms with Gasteiger partial charge in [-0.1, -0.05) is 30.3 Å². The summed E-state index contributed by atoms with van der Waals surface area (Å²) < 4.78 is 28.4. The number of hydrogen-bond donors (Lipinski definition) is 1. The average molecular weight is 495 g/mol. The van der Waals surface area contributed by atoms with E-state index in [-0.39, 0.29) is 22.7 Å². The highest BCUT2D eigenvalue weighted by molar-refractivity contribution is 7.18. The Bertz CT molecular complexity index is 1470. The first-order valence-corrected chi connectivity index (χ1v) is 11.2. The van der Waals surface area contributed by atoms with Crippen LogP contribution in [0, 0.1) is 5.82 Å². The van der Waals surface area contributed by atoms with Crippen LogP contribution in [0.5, 0.6) is 0 Å². The normalized spacial score (nSPS) is 10.7. The smallest absolute Gasteiger partial charge is 0.351 e. The molecule has 4 rings (SSSR count). The minimum absolute atomic E-state index is 0.126. The topological polar surface area (TPSA) is 112 Å². The molecule has 1 amide bonds. The number of benzene rings is 2. The quantitative estimate of drug-likeness (QED) is 0.294. The number of carbonyl (C=O) groups excluding carboxylic acids is 3. The molecule has 0 aliphatic heterocycles. The summed E-state index contributed by atoms with van der Waals surface area (Å²) in [4.78, 5) is 50.1. The van der Waals surface area contributed by atoms with E-state index in [9.17, 15) is 23.6 Å². The Morgan fingerprint density at radius 3 is 2.49 bits per heavy atom. The summed E-state index contributed by atoms with van der Waals surface area (Å²) in [7, 11) is 0. The van der Waals surface area contributed by atoms with Gasteiger partial charge in [-0.3, -0.25) is 4.79 Å². The molecule has 0 fully saturated rings. The molecule has 178 valence electrons. The second-order valence-electron chi connectivity index (χ2n) is 7.19. The Hall–Kier alpha value is -4.31. The number of nitrogens with one attached hydrogen (secondary N) is 1. The molecule has 4 aromatic rings. The molecular weight excluding hydrogens is 477 g/mol. The lowest BCUT2D eigenvalue weighted by atomic mass is 10.2. The highest BCUT2D eigenvalue weighted by Crippen LogP contribution is 2.35. The van der Waals surface area contributed by atoms with Crippen molar-refractivity contribution in [1.29, 1.82) is 0 Å². The Balaban J connectivity index is 1.49. The maximum absolute atomic E-state index is 13.3. The van der Waals surface area contributed by atoms with Crippen molar-refractivity contribution in [1.82, 2.24) is 0 Å². The summed E-state index contributed by atoms with van der Waals surface area (Å²) in [6.45, 7) is 1.06. The van der Waals surface area contributed by atoms with Crippen molar-refractivity contribution < 1.29 is 32.7 Å². The molecule has 0 aliphatic rings. The summed E-state index contributed by atoms with van der Waals surface area (Å²) in [6, 6.07) is 15.2. The number of hydrogen-bond acceptors (Lipinski definition) is 8. The largest absolute Gasteiger partial charge is 0.462 e. The van der Waals surface area contributed by atoms with Gasteiger partial charge in [-0.15, -0.1) is 11.3 Å². The van der Waals surface area contributed by atoms with E-state index in [2.05, 4.69) is 5.32 Å². The van der Waals surface area contributed by atoms with Gasteiger partial charge in [0.1, 0.15) is 21.8 Å². The van der Waals surface area contributed by atoms with Gasteiger partial charge in [-0.05, 0) is 42.8 Å². The summed E-state index contributed by atoms with van der Waals surface area (Å²) >= 11 is 1.06. The molecule has 0 saturated carbocycles. The van der Waals surface area contributed by atoms with Crippen molar-refractivity contribution in [2.75, 3.05) is 18.5 Å². The molecule has 0 unspecified atom stereocenters. The summed E-state index contributed by atoms with van der Waals surface area (Å²) in [6.07, 6.45) is 0. The lowest BCUT2D eigenvalue weighted by molar-refractivity contribution is -0.119. The summed E-state index contributed by atoms with van der Waals surface area (Å²) in [5, 5.41) is 3.04. The fourth-order valence-electron chi connectivity index (χ4n) is 3.19. The Kier molecular flexibility index (Phi) is 7.02. The molecular formula is C25H18FNO7S. The molecule has 8 nitrogen and oxygen atoms in total. The van der Waals surface area contributed by atoms with Crippen LogP contribution in [0.3, 0.4) is 0 Å². The van der Waals surface area contributed by atoms with Crippen LogP contribution < -0.4 is 10.9 Å². The highest BCUT2D eigenvalue weighted by Gasteiger charge is 2.21. The molecule has 0 aliphatic carbocycles. The number of ether oxygens (including phenoxy) is 2. The highest BCUT2D eigenvalue weighted by atomic mass is 32.1. The maximum Gasteiger partial charge on any atom is 0.351 e. The molecule has 0 spiro atoms. The van der Waals surface area contributed by atoms with Crippen LogP contribution in [0.1, 0.15) is 27.0 Å². The number of esters is 2. The van der Waals surface area contributed by atoms with Crippen LogP contribution >= 0.6 is 11.3 Å². The van der Waals surface area contributed by atoms with Crippen molar-refractivity contribution in [3.63, 3.8) is 0 Å². The van der Waals surface area contributed by atoms with Gasteiger partial charge >= 0.3 is 17.6 Å². The predicted octanol–water partition coefficient (Wildman–Crippen LogP) is 4.63. The average Bonchev–Trinajstić information content (AvgIpc) is 3.26. The number of amides is 1. The van der Waals surface area contributed by atoms with Crippen LogP contribution in [0.2, 0.25) is 0 Å². The summed E-state index contributed by atoms with van der Waals surface area (Å²) in [5.74, 6) is -2.82. The third-order valence-corrected chi connectivity index (χ3v) is 5.96. The van der Waals surface area contributed by atoms with Gasteiger partial charge in [0.25, 0.3) is 5.91 Å². The predicted molar refractivity (Wildman–Crippen MR) is 127 cm³/mol. The Labute approximate surface area is 201 Å². The first-order valence-electron chi connectivity index (χ1n) is 10.4. The van der Waals surface area contributed by atoms with E-state index in [0.29, 0.717) is 21.4 Å². The zero-order chi connectivity index (χ0) is 24.9. The van der Waals surface area contributed by atoms with E-state index in [0.717, 1.165) is 11.3 Å². The number of para-hydroxylation sites is 1. The van der Waals surface area contributed by atoms with Crippen molar-refractivity contribution >= 4 is 45.8 Å². The number of thiophene rings is 1. The van der Waals surface area contributed by atoms with E-state index in [1.54, 1.807) is 49.4 Å². The molecule has 10 heteroatoms. The van der Waals surface area contributed by atoms with E-state index < -0.39 is 35.9 Å². The van der Waals surface area contributed by atoms with Crippen molar-refractivity contribution in [3.05, 3.63) is 87.3 Å². The zero-order valence-electron chi connectivity index (χ0n) is 18.3. The third kappa shape index (κ3) is 5.44. The molecule has 2 heterocycles. The van der Waals surface area contributed by atoms with E-state index in [4.69, 9.17) is 13.9 Å². The third-order valence-electron chi connectivity index (χ3n) is 4.79. The van der Waals surface area contributed by atoms with Crippen LogP contribution in [-0.4, -0.2) is 31.1 Å². The molecule has 0 atom stereocenters. The van der Waals surface area contributed by atoms with Crippen molar-refractivity contribution in [2.24, 2.45) is 0 Å². The van der Waals surface area contributed by atoms with Crippen LogP contribution in [0.4, 0.5) is 10.1 Å². The number of carbonyl (C=O) groups is 3. The monoisotopic (exact) mass is 495 g/mol. The second kappa shape index (κ2) is 10.3. The lowest BCUT2D eigenvalue weighted by Crippen LogP contribution is -2.24. The molecule has 0 radical (unpaired) electrons. The molecule has 1 N–H and O–H groups in total. The van der Waals surface area contributed by atoms with Crippen molar-refractivity contribution in [2.45, 2.75) is 6.92 Å². The van der Waals surface area contributed by atoms with E-state index >= 15 is 0 Å². The Morgan fingerprint density at radius 2 is 1.74 bits per heavy atom. The van der Waals surface area contributed by atoms with Gasteiger partial charge in [0.15, 0.2) is 6.61 Å². The van der Waals surface area contributed by atoms with E-state index in [1.807, 2.05) is 0 Å². The molecule has 35 heavy (non-hydrogen) atoms. The van der Waals surface area contributed by atoms with Crippen LogP contribution in [-0.2, 0) is 14.3 Å². The van der Waals surface area contributed by atoms with Gasteiger partial charge in [0.05, 0.1) is 12.3 Å². The zero-order valence-corrected chi connectivity index (χ0v) is 19.1. The summed E-state index contributed by atoms with van der Waals surface area (Å²) in [5.41, 5.74) is -0.137. The lowest BCUT2D eigenvalue weighted by Gasteiger charge is -2.07. The number of halogens is 1. The van der Waals surface area contributed by atoms with Crippen LogP contribution in [0.25, 0.3) is 21.4 Å². The molecule has 0 saturated heterocycles. The van der Waals surface area contributed by atoms with Crippen LogP contribution in [0.15, 0.2) is 69.9 Å². The van der Waals surface area contributed by atoms with Gasteiger partial charge in [0.2, 0.25) is 0 Å². The van der Waals surface area contributed by atoms with E-state index in [1.165, 1.54) is 18.2 Å². The number of rotatable bonds is 7. The fraction of sp³-hybridized carbons (Fsp3) is 0.120. The molecule has 0 bridgehead atoms. The maximum atomic E-state index is 13.3. The standard InChI is InChI=1S/C25H18FNO7S/c1-2-32-25(31)22-18(12-20(35-22)14-7-9-16(26)10-8-14)27-21(28)13-33-23(29)17-11-15-5-3-4-6-19(15)34-24(17)30/h3-12H,2,13H2,1H3,(H,27,28). The number of fused-ring (bicyclic) bond motifs is 1. The fourth-order valence-corrected chi connectivity index (χ4v) is 4.20. The number of anilines is 1. The van der Waals surface area contributed by atoms with Gasteiger partial charge in [-0.25, -0.2) is 18.8 Å². The van der Waals surface area contributed by atoms with Gasteiger partial charge in [-0.2, -0.15) is 0 Å². The van der Waals surface area contributed by atoms with Gasteiger partial charge in [0, 0.05) is 10.3 Å². The second-order valence-corrected chi connectivity index (χ2v) is 8.24.